The first-order valence-corrected chi connectivity index (χ1v) is 9.45. The first kappa shape index (κ1) is 17.4. The van der Waals surface area contributed by atoms with Crippen molar-refractivity contribution in [1.82, 2.24) is 10.3 Å². The number of benzene rings is 1. The number of hydrogen-bond acceptors (Lipinski definition) is 4. The Bertz CT molecular complexity index is 873. The lowest BCUT2D eigenvalue weighted by molar-refractivity contribution is 0.0945. The lowest BCUT2D eigenvalue weighted by atomic mass is 10.1. The number of nitrogens with one attached hydrogen (secondary N) is 1. The summed E-state index contributed by atoms with van der Waals surface area (Å²) in [7, 11) is 0. The third-order valence-corrected chi connectivity index (χ3v) is 5.41. The van der Waals surface area contributed by atoms with Gasteiger partial charge in [0.25, 0.3) is 5.91 Å². The molecule has 0 bridgehead atoms. The third kappa shape index (κ3) is 3.82. The molecular formula is C20H23N3OS. The minimum atomic E-state index is -0.146. The zero-order valence-electron chi connectivity index (χ0n) is 14.6. The van der Waals surface area contributed by atoms with Crippen molar-refractivity contribution < 1.29 is 4.79 Å². The molecule has 25 heavy (non-hydrogen) atoms. The molecule has 3 rings (SSSR count). The van der Waals surface area contributed by atoms with Gasteiger partial charge < -0.3 is 11.1 Å². The Kier molecular flexibility index (Phi) is 5.34. The molecule has 1 atom stereocenters. The van der Waals surface area contributed by atoms with Crippen LogP contribution in [0.3, 0.4) is 0 Å². The number of anilines is 1. The summed E-state index contributed by atoms with van der Waals surface area (Å²) in [4.78, 5) is 18.7. The zero-order chi connectivity index (χ0) is 17.8. The van der Waals surface area contributed by atoms with E-state index >= 15 is 0 Å². The Hall–Kier alpha value is -2.40. The number of nitrogens with zero attached hydrogens (tertiary/aromatic N) is 1. The van der Waals surface area contributed by atoms with Gasteiger partial charge in [0.05, 0.1) is 11.7 Å². The highest BCUT2D eigenvalue weighted by molar-refractivity contribution is 7.21. The van der Waals surface area contributed by atoms with Crippen molar-refractivity contribution in [2.24, 2.45) is 0 Å². The SMILES string of the molecule is CCCCc1ccc2c(N)c(C(=O)NC(C)c3ccccc3)sc2n1. The number of hydrogen-bond donors (Lipinski definition) is 2. The minimum absolute atomic E-state index is 0.0774. The van der Waals surface area contributed by atoms with Crippen LogP contribution in [-0.4, -0.2) is 10.9 Å². The van der Waals surface area contributed by atoms with Crippen LogP contribution in [0.25, 0.3) is 10.2 Å². The molecular weight excluding hydrogens is 330 g/mol. The summed E-state index contributed by atoms with van der Waals surface area (Å²) in [6.45, 7) is 4.13. The fourth-order valence-electron chi connectivity index (χ4n) is 2.79. The second-order valence-electron chi connectivity index (χ2n) is 6.21. The molecule has 0 aliphatic carbocycles. The number of rotatable bonds is 6. The smallest absolute Gasteiger partial charge is 0.264 e. The summed E-state index contributed by atoms with van der Waals surface area (Å²) >= 11 is 1.37. The molecule has 4 nitrogen and oxygen atoms in total. The first-order chi connectivity index (χ1) is 12.1. The molecule has 1 aromatic carbocycles. The molecule has 0 radical (unpaired) electrons. The number of pyridine rings is 1. The molecule has 0 saturated heterocycles. The Morgan fingerprint density at radius 3 is 2.72 bits per heavy atom. The number of thiophene rings is 1. The van der Waals surface area contributed by atoms with Gasteiger partial charge in [-0.15, -0.1) is 11.3 Å². The van der Waals surface area contributed by atoms with Crippen LogP contribution < -0.4 is 11.1 Å². The van der Waals surface area contributed by atoms with Crippen LogP contribution in [0.4, 0.5) is 5.69 Å². The monoisotopic (exact) mass is 353 g/mol. The second kappa shape index (κ2) is 7.66. The average molecular weight is 353 g/mol. The predicted octanol–water partition coefficient (Wildman–Crippen LogP) is 4.71. The topological polar surface area (TPSA) is 68.0 Å². The molecule has 0 fully saturated rings. The van der Waals surface area contributed by atoms with Crippen LogP contribution in [0.2, 0.25) is 0 Å². The molecule has 2 aromatic heterocycles. The number of carbonyl (C=O) groups excluding carboxylic acids is 1. The number of aromatic nitrogens is 1. The molecule has 0 saturated carbocycles. The van der Waals surface area contributed by atoms with Gasteiger partial charge in [-0.05, 0) is 37.5 Å². The van der Waals surface area contributed by atoms with E-state index in [0.717, 1.165) is 40.7 Å². The lowest BCUT2D eigenvalue weighted by Gasteiger charge is -2.13. The number of nitrogens with two attached hydrogens (primary N) is 1. The zero-order valence-corrected chi connectivity index (χ0v) is 15.4. The summed E-state index contributed by atoms with van der Waals surface area (Å²) in [5, 5.41) is 3.89. The van der Waals surface area contributed by atoms with E-state index in [9.17, 15) is 4.79 Å². The van der Waals surface area contributed by atoms with Crippen molar-refractivity contribution >= 4 is 33.1 Å². The maximum absolute atomic E-state index is 12.7. The van der Waals surface area contributed by atoms with Crippen molar-refractivity contribution in [2.45, 2.75) is 39.2 Å². The molecule has 0 spiro atoms. The summed E-state index contributed by atoms with van der Waals surface area (Å²) in [5.74, 6) is -0.146. The predicted molar refractivity (Wildman–Crippen MR) is 105 cm³/mol. The molecule has 0 aliphatic rings. The molecule has 5 heteroatoms. The maximum Gasteiger partial charge on any atom is 0.264 e. The van der Waals surface area contributed by atoms with Crippen LogP contribution in [0.15, 0.2) is 42.5 Å². The van der Waals surface area contributed by atoms with Crippen molar-refractivity contribution in [3.63, 3.8) is 0 Å². The van der Waals surface area contributed by atoms with E-state index in [2.05, 4.69) is 17.2 Å². The number of unbranched alkanes of at least 4 members (excludes halogenated alkanes) is 1. The Balaban J connectivity index is 1.82. The summed E-state index contributed by atoms with van der Waals surface area (Å²) in [6.07, 6.45) is 3.20. The fraction of sp³-hybridized carbons (Fsp3) is 0.300. The summed E-state index contributed by atoms with van der Waals surface area (Å²) in [5.41, 5.74) is 8.86. The molecule has 130 valence electrons. The van der Waals surface area contributed by atoms with E-state index < -0.39 is 0 Å². The van der Waals surface area contributed by atoms with Crippen molar-refractivity contribution in [3.8, 4) is 0 Å². The van der Waals surface area contributed by atoms with Gasteiger partial charge in [0.1, 0.15) is 9.71 Å². The Morgan fingerprint density at radius 1 is 1.24 bits per heavy atom. The molecule has 3 aromatic rings. The van der Waals surface area contributed by atoms with Crippen molar-refractivity contribution in [1.29, 1.82) is 0 Å². The van der Waals surface area contributed by atoms with Crippen molar-refractivity contribution in [2.75, 3.05) is 5.73 Å². The van der Waals surface area contributed by atoms with E-state index in [4.69, 9.17) is 5.73 Å². The van der Waals surface area contributed by atoms with Gasteiger partial charge in [-0.1, -0.05) is 43.7 Å². The van der Waals surface area contributed by atoms with Crippen LogP contribution in [0, 0.1) is 0 Å². The fourth-order valence-corrected chi connectivity index (χ4v) is 3.80. The molecule has 3 N–H and O–H groups in total. The van der Waals surface area contributed by atoms with Gasteiger partial charge in [0.15, 0.2) is 0 Å². The molecule has 1 amide bonds. The van der Waals surface area contributed by atoms with Crippen molar-refractivity contribution in [3.05, 3.63) is 58.6 Å². The number of carbonyl (C=O) groups is 1. The van der Waals surface area contributed by atoms with Gasteiger partial charge in [-0.2, -0.15) is 0 Å². The number of fused-ring (bicyclic) bond motifs is 1. The van der Waals surface area contributed by atoms with E-state index in [1.54, 1.807) is 0 Å². The minimum Gasteiger partial charge on any atom is -0.397 e. The number of aryl methyl sites for hydroxylation is 1. The number of amides is 1. The van der Waals surface area contributed by atoms with Gasteiger partial charge in [-0.25, -0.2) is 4.98 Å². The number of nitrogen functional groups attached to an aromatic ring is 1. The molecule has 2 heterocycles. The molecule has 1 unspecified atom stereocenters. The van der Waals surface area contributed by atoms with Crippen LogP contribution >= 0.6 is 11.3 Å². The highest BCUT2D eigenvalue weighted by Gasteiger charge is 2.19. The third-order valence-electron chi connectivity index (χ3n) is 4.29. The van der Waals surface area contributed by atoms with Crippen LogP contribution in [-0.2, 0) is 6.42 Å². The standard InChI is InChI=1S/C20H23N3OS/c1-3-4-10-15-11-12-16-17(21)18(25-20(16)23-15)19(24)22-13(2)14-8-6-5-7-9-14/h5-9,11-13H,3-4,10,21H2,1-2H3,(H,22,24). The summed E-state index contributed by atoms with van der Waals surface area (Å²) in [6, 6.07) is 13.8. The lowest BCUT2D eigenvalue weighted by Crippen LogP contribution is -2.26. The van der Waals surface area contributed by atoms with Gasteiger partial charge in [0, 0.05) is 11.1 Å². The second-order valence-corrected chi connectivity index (χ2v) is 7.21. The normalized spacial score (nSPS) is 12.2. The van der Waals surface area contributed by atoms with Crippen LogP contribution in [0.1, 0.15) is 53.7 Å². The summed E-state index contributed by atoms with van der Waals surface area (Å²) < 4.78 is 0. The highest BCUT2D eigenvalue weighted by atomic mass is 32.1. The quantitative estimate of drug-likeness (QED) is 0.674. The van der Waals surface area contributed by atoms with E-state index in [-0.39, 0.29) is 11.9 Å². The van der Waals surface area contributed by atoms with Gasteiger partial charge in [0.2, 0.25) is 0 Å². The Labute approximate surface area is 152 Å². The van der Waals surface area contributed by atoms with E-state index in [0.29, 0.717) is 10.6 Å². The van der Waals surface area contributed by atoms with E-state index in [1.165, 1.54) is 11.3 Å². The highest BCUT2D eigenvalue weighted by Crippen LogP contribution is 2.33. The largest absolute Gasteiger partial charge is 0.397 e. The Morgan fingerprint density at radius 2 is 2.00 bits per heavy atom. The van der Waals surface area contributed by atoms with Gasteiger partial charge in [-0.3, -0.25) is 4.79 Å². The van der Waals surface area contributed by atoms with Crippen LogP contribution in [0.5, 0.6) is 0 Å². The maximum atomic E-state index is 12.7. The van der Waals surface area contributed by atoms with Gasteiger partial charge >= 0.3 is 0 Å². The van der Waals surface area contributed by atoms with E-state index in [1.807, 2.05) is 49.4 Å². The average Bonchev–Trinajstić information content (AvgIpc) is 2.97. The molecule has 0 aliphatic heterocycles. The first-order valence-electron chi connectivity index (χ1n) is 8.63.